The first-order chi connectivity index (χ1) is 11.9. The molecule has 0 aliphatic carbocycles. The van der Waals surface area contributed by atoms with Crippen LogP contribution in [0.25, 0.3) is 11.2 Å². The van der Waals surface area contributed by atoms with E-state index in [2.05, 4.69) is 20.6 Å². The minimum absolute atomic E-state index is 0.0791. The summed E-state index contributed by atoms with van der Waals surface area (Å²) in [5.41, 5.74) is 3.97. The number of anilines is 1. The Hall–Kier alpha value is -3.10. The number of fused-ring (bicyclic) bond motifs is 1. The lowest BCUT2D eigenvalue weighted by molar-refractivity contribution is -0.155. The number of esters is 1. The number of nitrogen functional groups attached to an aromatic ring is 1. The highest BCUT2D eigenvalue weighted by atomic mass is 16.6. The molecule has 1 aliphatic heterocycles. The summed E-state index contributed by atoms with van der Waals surface area (Å²) in [7, 11) is 1.18. The molecule has 2 aromatic rings. The number of nitrogens with one attached hydrogen (secondary N) is 1. The Morgan fingerprint density at radius 3 is 2.96 bits per heavy atom. The minimum atomic E-state index is -1.24. The second-order valence-electron chi connectivity index (χ2n) is 5.41. The standard InChI is InChI=1S/C14H15N5O6/c1-3-4-18-8-9(16-13(15)17-10(8)21)19(14(18)23)11-6(20)5-7(25-11)12(22)24-2/h1,6-7,11,20H,4-5H2,2H3,(H3,15,16,17,21)/t6-,7+,11-/m1/s1. The summed E-state index contributed by atoms with van der Waals surface area (Å²) >= 11 is 0. The maximum absolute atomic E-state index is 12.7. The van der Waals surface area contributed by atoms with Crippen molar-refractivity contribution < 1.29 is 19.4 Å². The molecule has 2 aromatic heterocycles. The fourth-order valence-electron chi connectivity index (χ4n) is 2.83. The van der Waals surface area contributed by atoms with Crippen molar-refractivity contribution >= 4 is 23.1 Å². The molecule has 11 heteroatoms. The molecular weight excluding hydrogens is 334 g/mol. The van der Waals surface area contributed by atoms with Gasteiger partial charge in [-0.3, -0.25) is 14.3 Å². The van der Waals surface area contributed by atoms with E-state index in [1.807, 2.05) is 0 Å². The van der Waals surface area contributed by atoms with Crippen LogP contribution in [-0.4, -0.2) is 49.5 Å². The number of carbonyl (C=O) groups excluding carboxylic acids is 1. The highest BCUT2D eigenvalue weighted by Crippen LogP contribution is 2.30. The number of nitrogens with two attached hydrogens (primary N) is 1. The van der Waals surface area contributed by atoms with Crippen molar-refractivity contribution in [1.82, 2.24) is 19.1 Å². The van der Waals surface area contributed by atoms with Gasteiger partial charge in [0.25, 0.3) is 5.56 Å². The number of hydrogen-bond acceptors (Lipinski definition) is 8. The van der Waals surface area contributed by atoms with Gasteiger partial charge in [-0.05, 0) is 0 Å². The lowest BCUT2D eigenvalue weighted by atomic mass is 10.2. The highest BCUT2D eigenvalue weighted by molar-refractivity contribution is 5.75. The second kappa shape index (κ2) is 6.08. The zero-order valence-electron chi connectivity index (χ0n) is 13.1. The SMILES string of the molecule is C#CCn1c(=O)n([C@@H]2O[C@H](C(=O)OC)C[C@H]2O)c2nc(N)[nH]c(=O)c21. The van der Waals surface area contributed by atoms with E-state index in [-0.39, 0.29) is 30.1 Å². The van der Waals surface area contributed by atoms with Gasteiger partial charge in [0.15, 0.2) is 23.5 Å². The number of aromatic amines is 1. The van der Waals surface area contributed by atoms with E-state index >= 15 is 0 Å². The molecule has 0 saturated carbocycles. The van der Waals surface area contributed by atoms with E-state index < -0.39 is 35.7 Å². The average molecular weight is 349 g/mol. The normalized spacial score (nSPS) is 22.8. The van der Waals surface area contributed by atoms with Crippen LogP contribution < -0.4 is 17.0 Å². The van der Waals surface area contributed by atoms with Crippen molar-refractivity contribution in [2.24, 2.45) is 0 Å². The topological polar surface area (TPSA) is 154 Å². The van der Waals surface area contributed by atoms with Gasteiger partial charge >= 0.3 is 11.7 Å². The quantitative estimate of drug-likeness (QED) is 0.421. The van der Waals surface area contributed by atoms with Gasteiger partial charge in [0.05, 0.1) is 13.7 Å². The molecular formula is C14H15N5O6. The fourth-order valence-corrected chi connectivity index (χ4v) is 2.83. The van der Waals surface area contributed by atoms with E-state index in [1.165, 1.54) is 7.11 Å². The molecule has 0 aromatic carbocycles. The van der Waals surface area contributed by atoms with Crippen LogP contribution in [0.2, 0.25) is 0 Å². The summed E-state index contributed by atoms with van der Waals surface area (Å²) in [6, 6.07) is 0. The summed E-state index contributed by atoms with van der Waals surface area (Å²) in [5.74, 6) is 1.36. The first-order valence-electron chi connectivity index (χ1n) is 7.24. The molecule has 0 amide bonds. The summed E-state index contributed by atoms with van der Waals surface area (Å²) in [5, 5.41) is 10.2. The van der Waals surface area contributed by atoms with Gasteiger partial charge in [0, 0.05) is 6.42 Å². The Labute approximate surface area is 140 Å². The van der Waals surface area contributed by atoms with Crippen molar-refractivity contribution in [3.8, 4) is 12.3 Å². The van der Waals surface area contributed by atoms with E-state index in [0.717, 1.165) is 9.13 Å². The van der Waals surface area contributed by atoms with Crippen LogP contribution in [0.15, 0.2) is 9.59 Å². The molecule has 3 rings (SSSR count). The largest absolute Gasteiger partial charge is 0.467 e. The molecule has 1 saturated heterocycles. The fraction of sp³-hybridized carbons (Fsp3) is 0.429. The van der Waals surface area contributed by atoms with Gasteiger partial charge in [-0.15, -0.1) is 6.42 Å². The lowest BCUT2D eigenvalue weighted by Gasteiger charge is -2.15. The number of ether oxygens (including phenoxy) is 2. The minimum Gasteiger partial charge on any atom is -0.467 e. The molecule has 0 spiro atoms. The molecule has 3 atom stereocenters. The van der Waals surface area contributed by atoms with Gasteiger partial charge in [0.2, 0.25) is 5.95 Å². The Balaban J connectivity index is 2.22. The van der Waals surface area contributed by atoms with E-state index in [1.54, 1.807) is 0 Å². The monoisotopic (exact) mass is 349 g/mol. The average Bonchev–Trinajstić information content (AvgIpc) is 3.05. The Morgan fingerprint density at radius 1 is 1.60 bits per heavy atom. The van der Waals surface area contributed by atoms with Gasteiger partial charge in [-0.2, -0.15) is 4.98 Å². The molecule has 1 aliphatic rings. The smallest absolute Gasteiger partial charge is 0.335 e. The van der Waals surface area contributed by atoms with Crippen LogP contribution in [-0.2, 0) is 20.8 Å². The molecule has 0 radical (unpaired) electrons. The maximum atomic E-state index is 12.7. The number of H-pyrrole nitrogens is 1. The number of methoxy groups -OCH3 is 1. The third-order valence-electron chi connectivity index (χ3n) is 3.89. The van der Waals surface area contributed by atoms with Gasteiger partial charge in [-0.1, -0.05) is 5.92 Å². The Morgan fingerprint density at radius 2 is 2.32 bits per heavy atom. The summed E-state index contributed by atoms with van der Waals surface area (Å²) in [6.07, 6.45) is 1.68. The zero-order valence-corrected chi connectivity index (χ0v) is 13.1. The zero-order chi connectivity index (χ0) is 18.3. The Kier molecular flexibility index (Phi) is 4.07. The maximum Gasteiger partial charge on any atom is 0.335 e. The molecule has 25 heavy (non-hydrogen) atoms. The number of nitrogens with zero attached hydrogens (tertiary/aromatic N) is 3. The van der Waals surface area contributed by atoms with Crippen molar-refractivity contribution in [2.45, 2.75) is 31.4 Å². The van der Waals surface area contributed by atoms with Crippen molar-refractivity contribution in [3.63, 3.8) is 0 Å². The summed E-state index contributed by atoms with van der Waals surface area (Å²) in [6.45, 7) is -0.194. The highest BCUT2D eigenvalue weighted by Gasteiger charge is 2.42. The van der Waals surface area contributed by atoms with Crippen LogP contribution in [0, 0.1) is 12.3 Å². The first kappa shape index (κ1) is 16.7. The third-order valence-corrected chi connectivity index (χ3v) is 3.89. The molecule has 3 heterocycles. The number of carbonyl (C=O) groups is 1. The van der Waals surface area contributed by atoms with Crippen LogP contribution in [0.1, 0.15) is 12.6 Å². The number of imidazole rings is 1. The molecule has 11 nitrogen and oxygen atoms in total. The molecule has 0 bridgehead atoms. The number of rotatable bonds is 3. The van der Waals surface area contributed by atoms with Crippen LogP contribution in [0.3, 0.4) is 0 Å². The number of aliphatic hydroxyl groups excluding tert-OH is 1. The number of terminal acetylenes is 1. The van der Waals surface area contributed by atoms with Gasteiger partial charge in [-0.25, -0.2) is 14.2 Å². The molecule has 132 valence electrons. The molecule has 1 fully saturated rings. The van der Waals surface area contributed by atoms with Crippen LogP contribution >= 0.6 is 0 Å². The molecule has 0 unspecified atom stereocenters. The predicted molar refractivity (Wildman–Crippen MR) is 84.4 cm³/mol. The van der Waals surface area contributed by atoms with Gasteiger partial charge in [0.1, 0.15) is 6.10 Å². The first-order valence-corrected chi connectivity index (χ1v) is 7.24. The second-order valence-corrected chi connectivity index (χ2v) is 5.41. The van der Waals surface area contributed by atoms with E-state index in [9.17, 15) is 19.5 Å². The van der Waals surface area contributed by atoms with E-state index in [4.69, 9.17) is 16.9 Å². The van der Waals surface area contributed by atoms with Crippen molar-refractivity contribution in [1.29, 1.82) is 0 Å². The van der Waals surface area contributed by atoms with Crippen molar-refractivity contribution in [3.05, 3.63) is 20.8 Å². The third kappa shape index (κ3) is 2.57. The number of aliphatic hydroxyl groups is 1. The van der Waals surface area contributed by atoms with Crippen molar-refractivity contribution in [2.75, 3.05) is 12.8 Å². The number of aromatic nitrogens is 4. The van der Waals surface area contributed by atoms with Gasteiger partial charge < -0.3 is 20.3 Å². The summed E-state index contributed by atoms with van der Waals surface area (Å²) in [4.78, 5) is 42.8. The lowest BCUT2D eigenvalue weighted by Crippen LogP contribution is -2.32. The number of hydrogen-bond donors (Lipinski definition) is 3. The van der Waals surface area contributed by atoms with Crippen LogP contribution in [0.4, 0.5) is 5.95 Å². The Bertz CT molecular complexity index is 996. The van der Waals surface area contributed by atoms with E-state index in [0.29, 0.717) is 0 Å². The summed E-state index contributed by atoms with van der Waals surface area (Å²) < 4.78 is 12.0. The molecule has 4 N–H and O–H groups in total. The predicted octanol–water partition coefficient (Wildman–Crippen LogP) is -2.08. The van der Waals surface area contributed by atoms with Crippen LogP contribution in [0.5, 0.6) is 0 Å².